The number of aryl methyl sites for hydroxylation is 1. The molecule has 2 saturated heterocycles. The summed E-state index contributed by atoms with van der Waals surface area (Å²) in [7, 11) is 5.82. The molecule has 1 spiro atoms. The Hall–Kier alpha value is -2.13. The fourth-order valence-corrected chi connectivity index (χ4v) is 5.78. The summed E-state index contributed by atoms with van der Waals surface area (Å²) < 4.78 is 13.1. The Labute approximate surface area is 182 Å². The van der Waals surface area contributed by atoms with Gasteiger partial charge in [-0.1, -0.05) is 0 Å². The Balaban J connectivity index is 1.47. The average molecular weight is 429 g/mol. The Morgan fingerprint density at radius 3 is 2.65 bits per heavy atom. The molecule has 5 rings (SSSR count). The van der Waals surface area contributed by atoms with E-state index in [9.17, 15) is 9.90 Å². The van der Waals surface area contributed by atoms with Gasteiger partial charge in [-0.05, 0) is 24.7 Å². The number of aromatic nitrogens is 1. The van der Waals surface area contributed by atoms with Gasteiger partial charge in [0.25, 0.3) is 0 Å². The van der Waals surface area contributed by atoms with Gasteiger partial charge < -0.3 is 24.0 Å². The smallest absolute Gasteiger partial charge is 0.236 e. The van der Waals surface area contributed by atoms with E-state index in [4.69, 9.17) is 9.47 Å². The summed E-state index contributed by atoms with van der Waals surface area (Å²) in [5.41, 5.74) is 3.44. The van der Waals surface area contributed by atoms with E-state index in [2.05, 4.69) is 40.6 Å². The van der Waals surface area contributed by atoms with E-state index in [1.165, 1.54) is 10.9 Å². The molecule has 2 aromatic rings. The molecule has 1 atom stereocenters. The maximum absolute atomic E-state index is 13.0. The second-order valence-corrected chi connectivity index (χ2v) is 9.23. The largest absolute Gasteiger partial charge is 0.497 e. The van der Waals surface area contributed by atoms with Crippen LogP contribution in [-0.2, 0) is 22.0 Å². The van der Waals surface area contributed by atoms with E-state index in [-0.39, 0.29) is 24.0 Å². The van der Waals surface area contributed by atoms with Gasteiger partial charge in [0.15, 0.2) is 0 Å². The van der Waals surface area contributed by atoms with Crippen molar-refractivity contribution in [3.05, 3.63) is 29.5 Å². The van der Waals surface area contributed by atoms with Crippen LogP contribution in [0.25, 0.3) is 10.9 Å². The highest BCUT2D eigenvalue weighted by molar-refractivity contribution is 5.90. The van der Waals surface area contributed by atoms with E-state index in [0.717, 1.165) is 49.7 Å². The van der Waals surface area contributed by atoms with E-state index in [0.29, 0.717) is 19.8 Å². The minimum atomic E-state index is -0.107. The highest BCUT2D eigenvalue weighted by atomic mass is 16.5. The van der Waals surface area contributed by atoms with Crippen molar-refractivity contribution in [2.24, 2.45) is 7.05 Å². The van der Waals surface area contributed by atoms with Gasteiger partial charge in [0, 0.05) is 62.3 Å². The predicted molar refractivity (Wildman–Crippen MR) is 117 cm³/mol. The first-order chi connectivity index (χ1) is 15.0. The number of morpholine rings is 1. The summed E-state index contributed by atoms with van der Waals surface area (Å²) in [5.74, 6) is 1.02. The van der Waals surface area contributed by atoms with Crippen LogP contribution < -0.4 is 4.74 Å². The first-order valence-corrected chi connectivity index (χ1v) is 11.0. The van der Waals surface area contributed by atoms with E-state index >= 15 is 0 Å². The molecule has 0 radical (unpaired) electrons. The Morgan fingerprint density at radius 2 is 1.97 bits per heavy atom. The van der Waals surface area contributed by atoms with Crippen molar-refractivity contribution in [1.82, 2.24) is 19.3 Å². The van der Waals surface area contributed by atoms with Gasteiger partial charge >= 0.3 is 0 Å². The maximum atomic E-state index is 13.0. The Morgan fingerprint density at radius 1 is 1.23 bits per heavy atom. The summed E-state index contributed by atoms with van der Waals surface area (Å²) in [6.45, 7) is 5.85. The average Bonchev–Trinajstić information content (AvgIpc) is 3.04. The number of methoxy groups -OCH3 is 1. The molecule has 3 aliphatic rings. The number of rotatable bonds is 4. The second-order valence-electron chi connectivity index (χ2n) is 9.23. The molecular formula is C23H32N4O4. The number of fused-ring (bicyclic) bond motifs is 4. The third kappa shape index (κ3) is 3.24. The van der Waals surface area contributed by atoms with Crippen LogP contribution in [0.15, 0.2) is 18.2 Å². The number of likely N-dealkylation sites (tertiary alicyclic amines) is 1. The predicted octanol–water partition coefficient (Wildman–Crippen LogP) is 0.578. The lowest BCUT2D eigenvalue weighted by atomic mass is 9.69. The van der Waals surface area contributed by atoms with Gasteiger partial charge in [-0.25, -0.2) is 0 Å². The standard InChI is InChI=1S/C23H32N4O4/c1-24-13-23(14-27(15-23)20(29)11-26-6-8-31-9-7-26)21-17-5-4-16(30-3)10-18(17)25(2)22(21)19(24)12-28/h4-5,10,19,28H,6-9,11-15H2,1-3H3/t19-/m0/s1. The number of carbonyl (C=O) groups is 1. The van der Waals surface area contributed by atoms with Gasteiger partial charge in [-0.2, -0.15) is 0 Å². The minimum Gasteiger partial charge on any atom is -0.497 e. The Kier molecular flexibility index (Phi) is 5.21. The number of ether oxygens (including phenoxy) is 2. The van der Waals surface area contributed by atoms with Crippen molar-refractivity contribution in [2.75, 3.05) is 73.2 Å². The third-order valence-corrected chi connectivity index (χ3v) is 7.36. The molecule has 168 valence electrons. The molecule has 0 saturated carbocycles. The molecule has 1 aromatic heterocycles. The number of benzene rings is 1. The fourth-order valence-electron chi connectivity index (χ4n) is 5.78. The van der Waals surface area contributed by atoms with E-state index < -0.39 is 0 Å². The SMILES string of the molecule is COc1ccc2c3c(n(C)c2c1)[C@H](CO)N(C)CC31CN(C(=O)CN2CCOCC2)C1. The number of amides is 1. The van der Waals surface area contributed by atoms with E-state index in [1.54, 1.807) is 7.11 Å². The van der Waals surface area contributed by atoms with Gasteiger partial charge in [0.05, 0.1) is 45.0 Å². The van der Waals surface area contributed by atoms with Crippen LogP contribution in [0.4, 0.5) is 0 Å². The molecule has 3 aliphatic heterocycles. The number of likely N-dealkylation sites (N-methyl/N-ethyl adjacent to an activating group) is 1. The van der Waals surface area contributed by atoms with Crippen LogP contribution in [0.2, 0.25) is 0 Å². The van der Waals surface area contributed by atoms with E-state index in [1.807, 2.05) is 11.0 Å². The summed E-state index contributed by atoms with van der Waals surface area (Å²) in [6.07, 6.45) is 0. The van der Waals surface area contributed by atoms with Gasteiger partial charge in [0.2, 0.25) is 5.91 Å². The fraction of sp³-hybridized carbons (Fsp3) is 0.609. The highest BCUT2D eigenvalue weighted by Crippen LogP contribution is 2.49. The number of carbonyl (C=O) groups excluding carboxylic acids is 1. The molecule has 1 amide bonds. The Bertz CT molecular complexity index is 991. The van der Waals surface area contributed by atoms with Crippen molar-refractivity contribution in [1.29, 1.82) is 0 Å². The van der Waals surface area contributed by atoms with Gasteiger partial charge in [-0.3, -0.25) is 14.6 Å². The van der Waals surface area contributed by atoms with Crippen molar-refractivity contribution >= 4 is 16.8 Å². The topological polar surface area (TPSA) is 70.4 Å². The molecule has 31 heavy (non-hydrogen) atoms. The molecule has 8 heteroatoms. The lowest BCUT2D eigenvalue weighted by Crippen LogP contribution is -2.68. The first kappa shape index (κ1) is 20.8. The zero-order valence-corrected chi connectivity index (χ0v) is 18.6. The molecule has 1 N–H and O–H groups in total. The number of nitrogens with zero attached hydrogens (tertiary/aromatic N) is 4. The van der Waals surface area contributed by atoms with Crippen LogP contribution in [-0.4, -0.2) is 104 Å². The van der Waals surface area contributed by atoms with Crippen molar-refractivity contribution in [3.63, 3.8) is 0 Å². The molecule has 0 bridgehead atoms. The van der Waals surface area contributed by atoms with Crippen LogP contribution in [0.1, 0.15) is 17.3 Å². The normalized spacial score (nSPS) is 23.7. The third-order valence-electron chi connectivity index (χ3n) is 7.36. The van der Waals surface area contributed by atoms with Crippen molar-refractivity contribution in [2.45, 2.75) is 11.5 Å². The summed E-state index contributed by atoms with van der Waals surface area (Å²) >= 11 is 0. The number of aliphatic hydroxyl groups excluding tert-OH is 1. The van der Waals surface area contributed by atoms with Crippen molar-refractivity contribution < 1.29 is 19.4 Å². The van der Waals surface area contributed by atoms with Crippen LogP contribution in [0, 0.1) is 0 Å². The maximum Gasteiger partial charge on any atom is 0.236 e. The van der Waals surface area contributed by atoms with Crippen LogP contribution in [0.5, 0.6) is 5.75 Å². The first-order valence-electron chi connectivity index (χ1n) is 11.0. The molecule has 4 heterocycles. The lowest BCUT2D eigenvalue weighted by molar-refractivity contribution is -0.142. The summed E-state index contributed by atoms with van der Waals surface area (Å²) in [4.78, 5) is 19.4. The summed E-state index contributed by atoms with van der Waals surface area (Å²) in [6, 6.07) is 6.15. The van der Waals surface area contributed by atoms with Crippen LogP contribution >= 0.6 is 0 Å². The number of aliphatic hydroxyl groups is 1. The van der Waals surface area contributed by atoms with Crippen LogP contribution in [0.3, 0.4) is 0 Å². The molecule has 0 aliphatic carbocycles. The monoisotopic (exact) mass is 428 g/mol. The molecule has 2 fully saturated rings. The molecular weight excluding hydrogens is 396 g/mol. The van der Waals surface area contributed by atoms with Crippen molar-refractivity contribution in [3.8, 4) is 5.75 Å². The number of hydrogen-bond acceptors (Lipinski definition) is 6. The highest BCUT2D eigenvalue weighted by Gasteiger charge is 2.53. The number of hydrogen-bond donors (Lipinski definition) is 1. The quantitative estimate of drug-likeness (QED) is 0.768. The molecule has 1 aromatic carbocycles. The zero-order chi connectivity index (χ0) is 21.8. The summed E-state index contributed by atoms with van der Waals surface area (Å²) in [5, 5.41) is 11.4. The van der Waals surface area contributed by atoms with Gasteiger partial charge in [-0.15, -0.1) is 0 Å². The lowest BCUT2D eigenvalue weighted by Gasteiger charge is -2.56. The molecule has 8 nitrogen and oxygen atoms in total. The molecule has 0 unspecified atom stereocenters. The van der Waals surface area contributed by atoms with Gasteiger partial charge in [0.1, 0.15) is 5.75 Å². The zero-order valence-electron chi connectivity index (χ0n) is 18.6. The second kappa shape index (κ2) is 7.78. The minimum absolute atomic E-state index is 0.0536.